The zero-order chi connectivity index (χ0) is 14.0. The Hall–Kier alpha value is -1.14. The minimum atomic E-state index is -0.354. The highest BCUT2D eigenvalue weighted by Gasteiger charge is 2.38. The average Bonchev–Trinajstić information content (AvgIpc) is 3.16. The van der Waals surface area contributed by atoms with Gasteiger partial charge in [0.05, 0.1) is 0 Å². The summed E-state index contributed by atoms with van der Waals surface area (Å²) in [6.45, 7) is 5.80. The zero-order valence-corrected chi connectivity index (χ0v) is 12.4. The van der Waals surface area contributed by atoms with Gasteiger partial charge in [0.25, 0.3) is 0 Å². The number of hydrogen-bond donors (Lipinski definition) is 1. The second-order valence-electron chi connectivity index (χ2n) is 5.80. The fourth-order valence-electron chi connectivity index (χ4n) is 3.18. The highest BCUT2D eigenvalue weighted by molar-refractivity contribution is 5.31. The molecule has 0 aliphatic carbocycles. The summed E-state index contributed by atoms with van der Waals surface area (Å²) in [6, 6.07) is 0. The second-order valence-corrected chi connectivity index (χ2v) is 5.80. The number of methoxy groups -OCH3 is 1. The van der Waals surface area contributed by atoms with Crippen LogP contribution in [0.3, 0.4) is 0 Å². The monoisotopic (exact) mass is 280 g/mol. The Morgan fingerprint density at radius 1 is 1.45 bits per heavy atom. The summed E-state index contributed by atoms with van der Waals surface area (Å²) in [4.78, 5) is 6.98. The minimum absolute atomic E-state index is 0.354. The van der Waals surface area contributed by atoms with Crippen molar-refractivity contribution in [3.8, 4) is 0 Å². The van der Waals surface area contributed by atoms with Crippen molar-refractivity contribution in [3.63, 3.8) is 0 Å². The van der Waals surface area contributed by atoms with Gasteiger partial charge in [0.1, 0.15) is 5.60 Å². The normalized spacial score (nSPS) is 26.1. The van der Waals surface area contributed by atoms with Crippen molar-refractivity contribution in [2.24, 2.45) is 5.92 Å². The first-order chi connectivity index (χ1) is 9.77. The number of aromatic nitrogens is 3. The molecule has 6 heteroatoms. The number of hydrogen-bond acceptors (Lipinski definition) is 5. The van der Waals surface area contributed by atoms with E-state index in [0.717, 1.165) is 43.6 Å². The Morgan fingerprint density at radius 2 is 2.25 bits per heavy atom. The summed E-state index contributed by atoms with van der Waals surface area (Å²) in [7, 11) is 1.75. The fourth-order valence-corrected chi connectivity index (χ4v) is 3.18. The van der Waals surface area contributed by atoms with Gasteiger partial charge in [0.2, 0.25) is 5.95 Å². The van der Waals surface area contributed by atoms with Crippen LogP contribution in [0.1, 0.15) is 38.4 Å². The predicted octanol–water partition coefficient (Wildman–Crippen LogP) is 1.69. The Morgan fingerprint density at radius 3 is 2.90 bits per heavy atom. The molecule has 6 nitrogen and oxygen atoms in total. The number of rotatable bonds is 4. The third kappa shape index (κ3) is 2.42. The van der Waals surface area contributed by atoms with E-state index in [1.54, 1.807) is 7.11 Å². The molecule has 1 unspecified atom stereocenters. The van der Waals surface area contributed by atoms with E-state index in [4.69, 9.17) is 14.5 Å². The SMILES string of the molecule is CCC1CCN(c2n[nH]c(C3(OC)CCOCC3)n2)C1. The first-order valence-electron chi connectivity index (χ1n) is 7.58. The van der Waals surface area contributed by atoms with Gasteiger partial charge in [0.15, 0.2) is 5.82 Å². The van der Waals surface area contributed by atoms with E-state index in [1.807, 2.05) is 0 Å². The molecule has 1 N–H and O–H groups in total. The van der Waals surface area contributed by atoms with Crippen molar-refractivity contribution < 1.29 is 9.47 Å². The molecule has 1 aromatic heterocycles. The molecule has 20 heavy (non-hydrogen) atoms. The highest BCUT2D eigenvalue weighted by atomic mass is 16.5. The van der Waals surface area contributed by atoms with Gasteiger partial charge in [0, 0.05) is 46.3 Å². The van der Waals surface area contributed by atoms with Gasteiger partial charge in [-0.15, -0.1) is 5.10 Å². The van der Waals surface area contributed by atoms with Crippen molar-refractivity contribution >= 4 is 5.95 Å². The molecule has 0 amide bonds. The molecule has 2 fully saturated rings. The third-order valence-corrected chi connectivity index (χ3v) is 4.74. The molecule has 3 rings (SSSR count). The molecule has 112 valence electrons. The number of aromatic amines is 1. The average molecular weight is 280 g/mol. The summed E-state index contributed by atoms with van der Waals surface area (Å²) in [5, 5.41) is 7.50. The summed E-state index contributed by atoms with van der Waals surface area (Å²) in [6.07, 6.45) is 4.13. The van der Waals surface area contributed by atoms with Crippen molar-refractivity contribution in [2.75, 3.05) is 38.3 Å². The van der Waals surface area contributed by atoms with E-state index < -0.39 is 0 Å². The summed E-state index contributed by atoms with van der Waals surface area (Å²) in [5.74, 6) is 2.44. The lowest BCUT2D eigenvalue weighted by Gasteiger charge is -2.33. The van der Waals surface area contributed by atoms with Crippen molar-refractivity contribution in [1.29, 1.82) is 0 Å². The van der Waals surface area contributed by atoms with Crippen LogP contribution >= 0.6 is 0 Å². The minimum Gasteiger partial charge on any atom is -0.381 e. The lowest BCUT2D eigenvalue weighted by molar-refractivity contribution is -0.0997. The van der Waals surface area contributed by atoms with Gasteiger partial charge in [-0.25, -0.2) is 0 Å². The molecule has 0 spiro atoms. The molecule has 0 radical (unpaired) electrons. The van der Waals surface area contributed by atoms with Crippen molar-refractivity contribution in [3.05, 3.63) is 5.82 Å². The second kappa shape index (κ2) is 5.69. The van der Waals surface area contributed by atoms with Crippen LogP contribution in [0.4, 0.5) is 5.95 Å². The van der Waals surface area contributed by atoms with E-state index >= 15 is 0 Å². The smallest absolute Gasteiger partial charge is 0.244 e. The lowest BCUT2D eigenvalue weighted by Crippen LogP contribution is -2.36. The number of anilines is 1. The number of nitrogens with one attached hydrogen (secondary N) is 1. The van der Waals surface area contributed by atoms with Crippen LogP contribution in [0, 0.1) is 5.92 Å². The number of nitrogens with zero attached hydrogens (tertiary/aromatic N) is 3. The summed E-state index contributed by atoms with van der Waals surface area (Å²) < 4.78 is 11.2. The van der Waals surface area contributed by atoms with Crippen LogP contribution < -0.4 is 4.90 Å². The van der Waals surface area contributed by atoms with Crippen LogP contribution in [0.2, 0.25) is 0 Å². The van der Waals surface area contributed by atoms with Gasteiger partial charge in [-0.1, -0.05) is 13.3 Å². The van der Waals surface area contributed by atoms with Gasteiger partial charge in [-0.3, -0.25) is 5.10 Å². The third-order valence-electron chi connectivity index (χ3n) is 4.74. The van der Waals surface area contributed by atoms with Crippen LogP contribution in [0.5, 0.6) is 0 Å². The molecular weight excluding hydrogens is 256 g/mol. The number of ether oxygens (including phenoxy) is 2. The molecule has 1 aromatic rings. The van der Waals surface area contributed by atoms with E-state index in [-0.39, 0.29) is 5.60 Å². The van der Waals surface area contributed by atoms with Crippen LogP contribution in [-0.2, 0) is 15.1 Å². The molecule has 0 saturated carbocycles. The lowest BCUT2D eigenvalue weighted by atomic mass is 9.93. The maximum atomic E-state index is 5.75. The Balaban J connectivity index is 1.76. The van der Waals surface area contributed by atoms with Crippen LogP contribution in [0.25, 0.3) is 0 Å². The highest BCUT2D eigenvalue weighted by Crippen LogP contribution is 2.34. The first-order valence-corrected chi connectivity index (χ1v) is 7.58. The summed E-state index contributed by atoms with van der Waals surface area (Å²) >= 11 is 0. The molecule has 1 atom stereocenters. The fraction of sp³-hybridized carbons (Fsp3) is 0.857. The van der Waals surface area contributed by atoms with Crippen LogP contribution in [0.15, 0.2) is 0 Å². The van der Waals surface area contributed by atoms with Gasteiger partial charge >= 0.3 is 0 Å². The Bertz CT molecular complexity index is 442. The van der Waals surface area contributed by atoms with Gasteiger partial charge in [-0.2, -0.15) is 4.98 Å². The van der Waals surface area contributed by atoms with Crippen molar-refractivity contribution in [2.45, 2.75) is 38.2 Å². The molecule has 3 heterocycles. The molecule has 0 bridgehead atoms. The van der Waals surface area contributed by atoms with E-state index in [0.29, 0.717) is 13.2 Å². The maximum absolute atomic E-state index is 5.75. The van der Waals surface area contributed by atoms with E-state index in [1.165, 1.54) is 12.8 Å². The van der Waals surface area contributed by atoms with E-state index in [2.05, 4.69) is 22.0 Å². The quantitative estimate of drug-likeness (QED) is 0.909. The molecule has 2 saturated heterocycles. The van der Waals surface area contributed by atoms with Gasteiger partial charge < -0.3 is 14.4 Å². The molecule has 2 aliphatic rings. The van der Waals surface area contributed by atoms with Crippen molar-refractivity contribution in [1.82, 2.24) is 15.2 Å². The molecule has 0 aromatic carbocycles. The topological polar surface area (TPSA) is 63.3 Å². The zero-order valence-electron chi connectivity index (χ0n) is 12.4. The standard InChI is InChI=1S/C14H24N4O2/c1-3-11-4-7-18(10-11)13-15-12(16-17-13)14(19-2)5-8-20-9-6-14/h11H,3-10H2,1-2H3,(H,15,16,17). The summed E-state index contributed by atoms with van der Waals surface area (Å²) in [5.41, 5.74) is -0.354. The molecule has 2 aliphatic heterocycles. The number of H-pyrrole nitrogens is 1. The van der Waals surface area contributed by atoms with Gasteiger partial charge in [-0.05, 0) is 12.3 Å². The maximum Gasteiger partial charge on any atom is 0.244 e. The predicted molar refractivity (Wildman–Crippen MR) is 75.7 cm³/mol. The Labute approximate surface area is 119 Å². The Kier molecular flexibility index (Phi) is 3.94. The molecular formula is C14H24N4O2. The first kappa shape index (κ1) is 13.8. The largest absolute Gasteiger partial charge is 0.381 e. The van der Waals surface area contributed by atoms with E-state index in [9.17, 15) is 0 Å². The van der Waals surface area contributed by atoms with Crippen LogP contribution in [-0.4, -0.2) is 48.6 Å².